The number of hydrogen-bond acceptors (Lipinski definition) is 4. The zero-order valence-corrected chi connectivity index (χ0v) is 12.7. The van der Waals surface area contributed by atoms with Gasteiger partial charge in [0.15, 0.2) is 0 Å². The highest BCUT2D eigenvalue weighted by atomic mass is 16.5. The van der Waals surface area contributed by atoms with Crippen molar-refractivity contribution in [3.8, 4) is 0 Å². The van der Waals surface area contributed by atoms with Crippen LogP contribution in [0, 0.1) is 0 Å². The summed E-state index contributed by atoms with van der Waals surface area (Å²) in [7, 11) is 0. The van der Waals surface area contributed by atoms with Gasteiger partial charge < -0.3 is 5.32 Å². The molecule has 0 saturated carbocycles. The number of nitrogens with one attached hydrogen (secondary N) is 2. The van der Waals surface area contributed by atoms with Gasteiger partial charge in [-0.25, -0.2) is 9.79 Å². The first kappa shape index (κ1) is 15.1. The van der Waals surface area contributed by atoms with Gasteiger partial charge >= 0.3 is 6.03 Å². The van der Waals surface area contributed by atoms with Crippen molar-refractivity contribution in [1.82, 2.24) is 5.48 Å². The van der Waals surface area contributed by atoms with E-state index in [2.05, 4.69) is 15.8 Å². The summed E-state index contributed by atoms with van der Waals surface area (Å²) in [5.41, 5.74) is 4.19. The Bertz CT molecular complexity index is 730. The highest BCUT2D eigenvalue weighted by Gasteiger charge is 2.28. The van der Waals surface area contributed by atoms with E-state index < -0.39 is 0 Å². The number of anilines is 2. The van der Waals surface area contributed by atoms with E-state index in [1.807, 2.05) is 61.5 Å². The molecule has 118 valence electrons. The molecule has 1 atom stereocenters. The van der Waals surface area contributed by atoms with Crippen molar-refractivity contribution in [1.29, 1.82) is 0 Å². The molecule has 2 aromatic carbocycles. The molecule has 0 fully saturated rings. The molecule has 3 rings (SSSR count). The summed E-state index contributed by atoms with van der Waals surface area (Å²) in [4.78, 5) is 18.8. The smallest absolute Gasteiger partial charge is 0.308 e. The monoisotopic (exact) mass is 310 g/mol. The maximum absolute atomic E-state index is 12.8. The Labute approximate surface area is 134 Å². The van der Waals surface area contributed by atoms with Crippen LogP contribution in [0.2, 0.25) is 0 Å². The highest BCUT2D eigenvalue weighted by Crippen LogP contribution is 2.33. The van der Waals surface area contributed by atoms with Gasteiger partial charge in [0.25, 0.3) is 0 Å². The number of carbonyl (C=O) groups excluding carboxylic acids is 1. The Morgan fingerprint density at radius 3 is 2.61 bits per heavy atom. The number of carbonyl (C=O) groups is 1. The second-order valence-corrected chi connectivity index (χ2v) is 5.38. The summed E-state index contributed by atoms with van der Waals surface area (Å²) in [6.45, 7) is 1.92. The number of amides is 2. The van der Waals surface area contributed by atoms with E-state index in [4.69, 9.17) is 0 Å². The Morgan fingerprint density at radius 2 is 1.87 bits per heavy atom. The second-order valence-electron chi connectivity index (χ2n) is 5.38. The van der Waals surface area contributed by atoms with Crippen LogP contribution in [0.5, 0.6) is 0 Å². The second kappa shape index (κ2) is 6.50. The van der Waals surface area contributed by atoms with Crippen LogP contribution in [0.15, 0.2) is 59.6 Å². The summed E-state index contributed by atoms with van der Waals surface area (Å²) in [6.07, 6.45) is 0.424. The Morgan fingerprint density at radius 1 is 1.17 bits per heavy atom. The van der Waals surface area contributed by atoms with Gasteiger partial charge in [0.05, 0.1) is 11.4 Å². The fourth-order valence-corrected chi connectivity index (χ4v) is 2.65. The molecule has 0 aliphatic carbocycles. The molecule has 2 amide bonds. The van der Waals surface area contributed by atoms with Crippen molar-refractivity contribution in [2.75, 3.05) is 10.2 Å². The number of fused-ring (bicyclic) bond motifs is 1. The minimum Gasteiger partial charge on any atom is -0.308 e. The van der Waals surface area contributed by atoms with Crippen LogP contribution < -0.4 is 15.7 Å². The maximum atomic E-state index is 12.8. The van der Waals surface area contributed by atoms with Crippen LogP contribution in [0.1, 0.15) is 13.3 Å². The van der Waals surface area contributed by atoms with Crippen LogP contribution in [0.25, 0.3) is 0 Å². The number of benzene rings is 2. The normalized spacial score (nSPS) is 16.9. The summed E-state index contributed by atoms with van der Waals surface area (Å²) >= 11 is 0. The fraction of sp³-hybridized carbons (Fsp3) is 0.176. The first-order valence-corrected chi connectivity index (χ1v) is 7.41. The Kier molecular flexibility index (Phi) is 4.25. The standard InChI is InChI=1S/C17H18N4O2/c1-12-11-16(20-23)19-14-9-5-6-10-15(14)21(12)17(22)18-13-7-3-2-4-8-13/h2-10,12,23H,11H2,1H3,(H,18,22)(H,19,20). The van der Waals surface area contributed by atoms with Crippen LogP contribution in [-0.2, 0) is 0 Å². The minimum absolute atomic E-state index is 0.166. The van der Waals surface area contributed by atoms with E-state index >= 15 is 0 Å². The van der Waals surface area contributed by atoms with Crippen molar-refractivity contribution >= 4 is 28.9 Å². The molecule has 2 aromatic rings. The summed E-state index contributed by atoms with van der Waals surface area (Å²) in [5, 5.41) is 12.1. The minimum atomic E-state index is -0.231. The highest BCUT2D eigenvalue weighted by molar-refractivity contribution is 6.05. The first-order valence-electron chi connectivity index (χ1n) is 7.41. The lowest BCUT2D eigenvalue weighted by molar-refractivity contribution is 0.230. The van der Waals surface area contributed by atoms with Gasteiger partial charge in [0.1, 0.15) is 5.84 Å². The van der Waals surface area contributed by atoms with Crippen LogP contribution in [-0.4, -0.2) is 23.1 Å². The number of para-hydroxylation sites is 3. The molecule has 1 heterocycles. The van der Waals surface area contributed by atoms with Crippen molar-refractivity contribution in [3.05, 3.63) is 54.6 Å². The lowest BCUT2D eigenvalue weighted by atomic mass is 10.1. The molecule has 1 unspecified atom stereocenters. The zero-order valence-electron chi connectivity index (χ0n) is 12.7. The molecular weight excluding hydrogens is 292 g/mol. The van der Waals surface area contributed by atoms with Crippen LogP contribution in [0.4, 0.5) is 21.9 Å². The van der Waals surface area contributed by atoms with Crippen molar-refractivity contribution in [2.24, 2.45) is 4.99 Å². The molecule has 1 aliphatic rings. The topological polar surface area (TPSA) is 77.0 Å². The summed E-state index contributed by atoms with van der Waals surface area (Å²) in [6, 6.07) is 16.3. The van der Waals surface area contributed by atoms with E-state index in [0.717, 1.165) is 5.69 Å². The predicted molar refractivity (Wildman–Crippen MR) is 90.5 cm³/mol. The van der Waals surface area contributed by atoms with Crippen molar-refractivity contribution in [3.63, 3.8) is 0 Å². The third kappa shape index (κ3) is 3.17. The molecule has 0 spiro atoms. The van der Waals surface area contributed by atoms with E-state index in [-0.39, 0.29) is 12.1 Å². The third-order valence-corrected chi connectivity index (χ3v) is 3.70. The number of rotatable bonds is 1. The number of amidine groups is 1. The van der Waals surface area contributed by atoms with Gasteiger partial charge in [0.2, 0.25) is 0 Å². The molecular formula is C17H18N4O2. The number of hydroxylamine groups is 1. The third-order valence-electron chi connectivity index (χ3n) is 3.70. The lowest BCUT2D eigenvalue weighted by Gasteiger charge is -2.28. The average molecular weight is 310 g/mol. The Hall–Kier alpha value is -2.86. The van der Waals surface area contributed by atoms with E-state index in [0.29, 0.717) is 23.6 Å². The number of hydrogen-bond donors (Lipinski definition) is 3. The van der Waals surface area contributed by atoms with Gasteiger partial charge in [-0.2, -0.15) is 0 Å². The maximum Gasteiger partial charge on any atom is 0.326 e. The van der Waals surface area contributed by atoms with E-state index in [9.17, 15) is 10.0 Å². The average Bonchev–Trinajstić information content (AvgIpc) is 2.71. The zero-order chi connectivity index (χ0) is 16.2. The number of nitrogens with zero attached hydrogens (tertiary/aromatic N) is 2. The molecule has 0 saturated heterocycles. The van der Waals surface area contributed by atoms with E-state index in [1.165, 1.54) is 0 Å². The SMILES string of the molecule is CC1CC(NO)=Nc2ccccc2N1C(=O)Nc1ccccc1. The first-order chi connectivity index (χ1) is 11.2. The van der Waals surface area contributed by atoms with Crippen molar-refractivity contribution < 1.29 is 10.0 Å². The molecule has 6 nitrogen and oxygen atoms in total. The predicted octanol–water partition coefficient (Wildman–Crippen LogP) is 3.53. The van der Waals surface area contributed by atoms with Crippen LogP contribution >= 0.6 is 0 Å². The molecule has 23 heavy (non-hydrogen) atoms. The molecule has 3 N–H and O–H groups in total. The molecule has 0 bridgehead atoms. The lowest BCUT2D eigenvalue weighted by Crippen LogP contribution is -2.43. The summed E-state index contributed by atoms with van der Waals surface area (Å²) < 4.78 is 0. The number of urea groups is 1. The van der Waals surface area contributed by atoms with Gasteiger partial charge in [-0.05, 0) is 31.2 Å². The van der Waals surface area contributed by atoms with Gasteiger partial charge in [-0.15, -0.1) is 0 Å². The van der Waals surface area contributed by atoms with Gasteiger partial charge in [0, 0.05) is 18.2 Å². The van der Waals surface area contributed by atoms with Gasteiger partial charge in [-0.3, -0.25) is 15.6 Å². The quantitative estimate of drug-likeness (QED) is 0.705. The van der Waals surface area contributed by atoms with Crippen molar-refractivity contribution in [2.45, 2.75) is 19.4 Å². The van der Waals surface area contributed by atoms with E-state index in [1.54, 1.807) is 4.90 Å². The molecule has 0 aromatic heterocycles. The number of aliphatic imine (C=N–C) groups is 1. The van der Waals surface area contributed by atoms with Gasteiger partial charge in [-0.1, -0.05) is 30.3 Å². The molecule has 6 heteroatoms. The Balaban J connectivity index is 1.94. The molecule has 0 radical (unpaired) electrons. The molecule has 1 aliphatic heterocycles. The summed E-state index contributed by atoms with van der Waals surface area (Å²) in [5.74, 6) is 0.431. The van der Waals surface area contributed by atoms with Crippen LogP contribution in [0.3, 0.4) is 0 Å². The fourth-order valence-electron chi connectivity index (χ4n) is 2.65. The largest absolute Gasteiger partial charge is 0.326 e.